The molecule has 0 saturated carbocycles. The van der Waals surface area contributed by atoms with Crippen molar-refractivity contribution in [3.05, 3.63) is 150 Å². The lowest BCUT2D eigenvalue weighted by Gasteiger charge is -2.37. The Morgan fingerprint density at radius 3 is 2.13 bits per heavy atom. The first-order valence-corrected chi connectivity index (χ1v) is 17.3. The van der Waals surface area contributed by atoms with Gasteiger partial charge in [0.05, 0.1) is 28.4 Å². The number of rotatable bonds is 7. The monoisotopic (exact) mass is 692 g/mol. The van der Waals surface area contributed by atoms with Crippen molar-refractivity contribution in [1.29, 1.82) is 0 Å². The van der Waals surface area contributed by atoms with Crippen LogP contribution in [0.4, 0.5) is 10.5 Å². The van der Waals surface area contributed by atoms with Crippen molar-refractivity contribution in [2.75, 3.05) is 11.9 Å². The summed E-state index contributed by atoms with van der Waals surface area (Å²) >= 11 is 0. The molecule has 7 rings (SSSR count). The number of aromatic nitrogens is 1. The Kier molecular flexibility index (Phi) is 9.26. The van der Waals surface area contributed by atoms with Gasteiger partial charge in [-0.3, -0.25) is 9.59 Å². The summed E-state index contributed by atoms with van der Waals surface area (Å²) in [5, 5.41) is 16.3. The first-order chi connectivity index (χ1) is 25.0. The number of carbonyl (C=O) groups excluding carboxylic acids is 3. The van der Waals surface area contributed by atoms with Crippen molar-refractivity contribution < 1.29 is 24.2 Å². The molecule has 0 spiro atoms. The highest BCUT2D eigenvalue weighted by Gasteiger charge is 2.32. The van der Waals surface area contributed by atoms with Crippen LogP contribution in [0.15, 0.2) is 128 Å². The van der Waals surface area contributed by atoms with Gasteiger partial charge in [0.25, 0.3) is 11.8 Å². The van der Waals surface area contributed by atoms with Gasteiger partial charge in [0.1, 0.15) is 11.4 Å². The van der Waals surface area contributed by atoms with Gasteiger partial charge in [0.15, 0.2) is 0 Å². The largest absolute Gasteiger partial charge is 0.508 e. The first-order valence-electron chi connectivity index (χ1n) is 17.3. The number of fused-ring (bicyclic) bond motifs is 2. The van der Waals surface area contributed by atoms with E-state index < -0.39 is 11.7 Å². The number of benzene rings is 5. The van der Waals surface area contributed by atoms with Crippen LogP contribution < -0.4 is 10.6 Å². The molecule has 2 heterocycles. The van der Waals surface area contributed by atoms with Crippen LogP contribution in [0.1, 0.15) is 52.6 Å². The second kappa shape index (κ2) is 14.1. The third kappa shape index (κ3) is 7.25. The number of hydrogen-bond acceptors (Lipinski definition) is 5. The summed E-state index contributed by atoms with van der Waals surface area (Å²) in [6, 6.07) is 37.3. The zero-order valence-corrected chi connectivity index (χ0v) is 29.3. The fraction of sp³-hybridized carbons (Fsp3) is 0.186. The number of para-hydroxylation sites is 2. The number of nitrogens with zero attached hydrogens (tertiary/aromatic N) is 2. The lowest BCUT2D eigenvalue weighted by atomic mass is 9.93. The number of nitrogens with one attached hydrogen (secondary N) is 2. The molecular formula is C43H40N4O5. The van der Waals surface area contributed by atoms with Crippen LogP contribution in [-0.2, 0) is 17.7 Å². The fourth-order valence-corrected chi connectivity index (χ4v) is 6.70. The summed E-state index contributed by atoms with van der Waals surface area (Å²) in [7, 11) is 0. The minimum atomic E-state index is -0.647. The molecule has 52 heavy (non-hydrogen) atoms. The second-order valence-corrected chi connectivity index (χ2v) is 14.0. The average Bonchev–Trinajstić information content (AvgIpc) is 3.53. The minimum Gasteiger partial charge on any atom is -0.508 e. The second-order valence-electron chi connectivity index (χ2n) is 14.0. The minimum absolute atomic E-state index is 0.182. The zero-order chi connectivity index (χ0) is 36.4. The van der Waals surface area contributed by atoms with Gasteiger partial charge in [-0.1, -0.05) is 78.9 Å². The standard InChI is InChI=1S/C43H40N4O5/c1-43(2,3)52-42(51)44-25-33-24-30-10-4-5-11-31(30)26-46(33)41(50)36-13-7-9-15-39(36)47-27-37(35-12-6-8-14-38(35)47)40(49)45-32-20-16-28(17-21-32)29-18-22-34(48)23-19-29/h4-23,27,33,48H,24-26H2,1-3H3,(H,44,51)(H,45,49)/t33-/m0/s1. The summed E-state index contributed by atoms with van der Waals surface area (Å²) in [6.45, 7) is 6.05. The molecule has 0 saturated heterocycles. The lowest BCUT2D eigenvalue weighted by Crippen LogP contribution is -2.50. The highest BCUT2D eigenvalue weighted by molar-refractivity contribution is 6.13. The molecule has 0 fully saturated rings. The van der Waals surface area contributed by atoms with E-state index in [1.54, 1.807) is 24.4 Å². The van der Waals surface area contributed by atoms with Gasteiger partial charge in [0, 0.05) is 30.4 Å². The Morgan fingerprint density at radius 2 is 1.40 bits per heavy atom. The lowest BCUT2D eigenvalue weighted by molar-refractivity contribution is 0.0474. The molecule has 1 aliphatic heterocycles. The van der Waals surface area contributed by atoms with Crippen LogP contribution in [0.2, 0.25) is 0 Å². The highest BCUT2D eigenvalue weighted by Crippen LogP contribution is 2.31. The predicted octanol–water partition coefficient (Wildman–Crippen LogP) is 8.35. The van der Waals surface area contributed by atoms with Crippen LogP contribution in [0.3, 0.4) is 0 Å². The van der Waals surface area contributed by atoms with Crippen LogP contribution >= 0.6 is 0 Å². The summed E-state index contributed by atoms with van der Waals surface area (Å²) in [5.41, 5.74) is 6.45. The Hall–Kier alpha value is -6.35. The number of anilines is 1. The van der Waals surface area contributed by atoms with Gasteiger partial charge in [-0.05, 0) is 91.9 Å². The van der Waals surface area contributed by atoms with E-state index >= 15 is 0 Å². The Morgan fingerprint density at radius 1 is 0.769 bits per heavy atom. The molecule has 1 aromatic heterocycles. The molecule has 1 aliphatic rings. The molecule has 0 radical (unpaired) electrons. The molecule has 1 atom stereocenters. The topological polar surface area (TPSA) is 113 Å². The van der Waals surface area contributed by atoms with Gasteiger partial charge in [-0.25, -0.2) is 4.79 Å². The van der Waals surface area contributed by atoms with Gasteiger partial charge >= 0.3 is 6.09 Å². The molecule has 0 aliphatic carbocycles. The molecule has 262 valence electrons. The smallest absolute Gasteiger partial charge is 0.407 e. The summed E-state index contributed by atoms with van der Waals surface area (Å²) < 4.78 is 7.39. The number of aromatic hydroxyl groups is 1. The van der Waals surface area contributed by atoms with E-state index in [4.69, 9.17) is 4.74 Å². The van der Waals surface area contributed by atoms with Crippen molar-refractivity contribution >= 4 is 34.5 Å². The molecule has 3 N–H and O–H groups in total. The van der Waals surface area contributed by atoms with Crippen molar-refractivity contribution in [1.82, 2.24) is 14.8 Å². The zero-order valence-electron chi connectivity index (χ0n) is 29.3. The summed E-state index contributed by atoms with van der Waals surface area (Å²) in [4.78, 5) is 42.9. The Balaban J connectivity index is 1.18. The molecule has 9 nitrogen and oxygen atoms in total. The van der Waals surface area contributed by atoms with Crippen molar-refractivity contribution in [2.45, 2.75) is 45.4 Å². The van der Waals surface area contributed by atoms with E-state index in [-0.39, 0.29) is 30.2 Å². The first kappa shape index (κ1) is 34.1. The maximum Gasteiger partial charge on any atom is 0.407 e. The average molecular weight is 693 g/mol. The van der Waals surface area contributed by atoms with Crippen LogP contribution in [0.5, 0.6) is 5.75 Å². The maximum atomic E-state index is 14.6. The number of phenolic OH excluding ortho intramolecular Hbond substituents is 1. The van der Waals surface area contributed by atoms with Gasteiger partial charge < -0.3 is 29.9 Å². The van der Waals surface area contributed by atoms with Crippen molar-refractivity contribution in [3.63, 3.8) is 0 Å². The Labute approximate surface area is 302 Å². The van der Waals surface area contributed by atoms with Crippen LogP contribution in [-0.4, -0.2) is 50.7 Å². The van der Waals surface area contributed by atoms with E-state index in [0.717, 1.165) is 33.2 Å². The molecule has 6 aromatic rings. The van der Waals surface area contributed by atoms with Gasteiger partial charge in [-0.2, -0.15) is 0 Å². The molecule has 3 amide bonds. The predicted molar refractivity (Wildman–Crippen MR) is 203 cm³/mol. The summed E-state index contributed by atoms with van der Waals surface area (Å²) in [6.07, 6.45) is 1.83. The van der Waals surface area contributed by atoms with E-state index in [9.17, 15) is 19.5 Å². The van der Waals surface area contributed by atoms with Crippen LogP contribution in [0, 0.1) is 0 Å². The number of hydrogen-bond donors (Lipinski definition) is 3. The van der Waals surface area contributed by atoms with E-state index in [1.165, 1.54) is 0 Å². The maximum absolute atomic E-state index is 14.6. The number of carbonyl (C=O) groups is 3. The van der Waals surface area contributed by atoms with Crippen LogP contribution in [0.25, 0.3) is 27.7 Å². The molecule has 5 aromatic carbocycles. The third-order valence-electron chi connectivity index (χ3n) is 9.19. The third-order valence-corrected chi connectivity index (χ3v) is 9.19. The van der Waals surface area contributed by atoms with E-state index in [2.05, 4.69) is 16.7 Å². The fourth-order valence-electron chi connectivity index (χ4n) is 6.70. The van der Waals surface area contributed by atoms with Gasteiger partial charge in [0.2, 0.25) is 0 Å². The van der Waals surface area contributed by atoms with Crippen molar-refractivity contribution in [2.24, 2.45) is 0 Å². The molecular weight excluding hydrogens is 652 g/mol. The number of phenols is 1. The van der Waals surface area contributed by atoms with E-state index in [0.29, 0.717) is 35.5 Å². The molecule has 0 unspecified atom stereocenters. The number of alkyl carbamates (subject to hydrolysis) is 1. The quantitative estimate of drug-likeness (QED) is 0.156. The SMILES string of the molecule is CC(C)(C)OC(=O)NC[C@@H]1Cc2ccccc2CN1C(=O)c1ccccc1-n1cc(C(=O)Nc2ccc(-c3ccc(O)cc3)cc2)c2ccccc21. The normalized spacial score (nSPS) is 14.1. The highest BCUT2D eigenvalue weighted by atomic mass is 16.6. The summed E-state index contributed by atoms with van der Waals surface area (Å²) in [5.74, 6) is -0.261. The molecule has 0 bridgehead atoms. The molecule has 9 heteroatoms. The Bertz CT molecular complexity index is 2270. The number of amides is 3. The van der Waals surface area contributed by atoms with Crippen molar-refractivity contribution in [3.8, 4) is 22.6 Å². The van der Waals surface area contributed by atoms with E-state index in [1.807, 2.05) is 127 Å². The number of ether oxygens (including phenoxy) is 1. The van der Waals surface area contributed by atoms with Gasteiger partial charge in [-0.15, -0.1) is 0 Å².